The minimum Gasteiger partial charge on any atom is -0.481 e. The molecule has 0 fully saturated rings. The number of carbonyl (C=O) groups is 3. The Morgan fingerprint density at radius 2 is 1.82 bits per heavy atom. The Labute approximate surface area is 165 Å². The molecule has 1 heterocycles. The summed E-state index contributed by atoms with van der Waals surface area (Å²) in [7, 11) is 1.65. The summed E-state index contributed by atoms with van der Waals surface area (Å²) in [5, 5.41) is 9.22. The van der Waals surface area contributed by atoms with Crippen molar-refractivity contribution in [1.82, 2.24) is 3.97 Å². The first-order valence-corrected chi connectivity index (χ1v) is 10.5. The molecule has 9 nitrogen and oxygen atoms in total. The summed E-state index contributed by atoms with van der Waals surface area (Å²) in [5.74, 6) is -1.88. The molecule has 1 aromatic heterocycles. The molecule has 0 atom stereocenters. The number of quaternary nitrogens is 1. The van der Waals surface area contributed by atoms with Gasteiger partial charge in [-0.25, -0.2) is 12.4 Å². The monoisotopic (exact) mass is 417 g/mol. The number of hydrogen-bond donors (Lipinski definition) is 1. The lowest BCUT2D eigenvalue weighted by atomic mass is 10.0. The van der Waals surface area contributed by atoms with Gasteiger partial charge in [0.1, 0.15) is 11.4 Å². The summed E-state index contributed by atoms with van der Waals surface area (Å²) < 4.78 is 32.1. The third-order valence-corrected chi connectivity index (χ3v) is 5.98. The number of carbonyl (C=O) groups excluding carboxylic acids is 2. The second-order valence-electron chi connectivity index (χ2n) is 7.52. The zero-order valence-electron chi connectivity index (χ0n) is 17.0. The Kier molecular flexibility index (Phi) is 7.94. The molecule has 28 heavy (non-hydrogen) atoms. The quantitative estimate of drug-likeness (QED) is 0.318. The molecule has 1 rings (SSSR count). The number of nitrogens with zero attached hydrogens (tertiary/aromatic N) is 2. The fraction of sp³-hybridized carbons (Fsp3) is 0.611. The van der Waals surface area contributed by atoms with Crippen LogP contribution >= 0.6 is 0 Å². The smallest absolute Gasteiger partial charge is 0.307 e. The van der Waals surface area contributed by atoms with Crippen LogP contribution in [0, 0.1) is 6.92 Å². The van der Waals surface area contributed by atoms with E-state index in [0.29, 0.717) is 22.9 Å². The van der Waals surface area contributed by atoms with Crippen molar-refractivity contribution in [3.63, 3.8) is 0 Å². The molecule has 1 N–H and O–H groups in total. The van der Waals surface area contributed by atoms with E-state index in [1.54, 1.807) is 6.92 Å². The average Bonchev–Trinajstić information content (AvgIpc) is 2.82. The molecule has 1 aromatic rings. The first kappa shape index (κ1) is 23.8. The number of carboxylic acids is 1. The highest BCUT2D eigenvalue weighted by Crippen LogP contribution is 2.26. The van der Waals surface area contributed by atoms with Crippen LogP contribution in [0.5, 0.6) is 0 Å². The van der Waals surface area contributed by atoms with E-state index in [-0.39, 0.29) is 42.2 Å². The SMILES string of the molecule is CCOC(=O)CCc1c(CC(=O)O)c(C=O)n(S(=O)(=O)CC[N+](C)(C)C)c1C. The third kappa shape index (κ3) is 6.16. The molecule has 0 saturated heterocycles. The summed E-state index contributed by atoms with van der Waals surface area (Å²) in [5.41, 5.74) is 0.564. The molecule has 0 spiro atoms. The first-order valence-electron chi connectivity index (χ1n) is 8.93. The van der Waals surface area contributed by atoms with Crippen LogP contribution in [0.2, 0.25) is 0 Å². The molecule has 0 amide bonds. The van der Waals surface area contributed by atoms with Crippen LogP contribution < -0.4 is 0 Å². The van der Waals surface area contributed by atoms with Crippen molar-refractivity contribution in [3.05, 3.63) is 22.5 Å². The highest BCUT2D eigenvalue weighted by molar-refractivity contribution is 7.90. The van der Waals surface area contributed by atoms with Crippen molar-refractivity contribution in [3.8, 4) is 0 Å². The maximum Gasteiger partial charge on any atom is 0.307 e. The van der Waals surface area contributed by atoms with Crippen LogP contribution in [-0.2, 0) is 37.2 Å². The maximum atomic E-state index is 12.9. The lowest BCUT2D eigenvalue weighted by Gasteiger charge is -2.24. The Morgan fingerprint density at radius 1 is 1.21 bits per heavy atom. The molecule has 0 aliphatic rings. The number of ether oxygens (including phenoxy) is 1. The van der Waals surface area contributed by atoms with E-state index in [4.69, 9.17) is 4.74 Å². The Balaban J connectivity index is 3.46. The van der Waals surface area contributed by atoms with Crippen molar-refractivity contribution in [2.24, 2.45) is 0 Å². The van der Waals surface area contributed by atoms with Crippen LogP contribution in [-0.4, -0.2) is 80.3 Å². The van der Waals surface area contributed by atoms with Crippen molar-refractivity contribution >= 4 is 28.2 Å². The van der Waals surface area contributed by atoms with E-state index in [1.807, 2.05) is 21.1 Å². The van der Waals surface area contributed by atoms with Gasteiger partial charge in [0.2, 0.25) is 10.0 Å². The Hall–Kier alpha value is -2.20. The Morgan fingerprint density at radius 3 is 2.29 bits per heavy atom. The summed E-state index contributed by atoms with van der Waals surface area (Å²) in [6.07, 6.45) is -0.0952. The third-order valence-electron chi connectivity index (χ3n) is 4.26. The fourth-order valence-electron chi connectivity index (χ4n) is 2.90. The van der Waals surface area contributed by atoms with Crippen LogP contribution in [0.4, 0.5) is 0 Å². The summed E-state index contributed by atoms with van der Waals surface area (Å²) in [4.78, 5) is 34.7. The topological polar surface area (TPSA) is 120 Å². The van der Waals surface area contributed by atoms with Gasteiger partial charge in [-0.3, -0.25) is 14.4 Å². The molecule has 158 valence electrons. The van der Waals surface area contributed by atoms with Gasteiger partial charge in [0.25, 0.3) is 0 Å². The maximum absolute atomic E-state index is 12.9. The minimum absolute atomic E-state index is 0.0391. The molecule has 10 heteroatoms. The first-order chi connectivity index (χ1) is 12.8. The zero-order valence-corrected chi connectivity index (χ0v) is 17.8. The molecular weight excluding hydrogens is 388 g/mol. The van der Waals surface area contributed by atoms with Gasteiger partial charge in [-0.2, -0.15) is 0 Å². The molecular formula is C18H29N2O7S+. The molecule has 0 unspecified atom stereocenters. The van der Waals surface area contributed by atoms with Gasteiger partial charge in [-0.05, 0) is 31.4 Å². The van der Waals surface area contributed by atoms with Gasteiger partial charge in [0, 0.05) is 12.1 Å². The lowest BCUT2D eigenvalue weighted by molar-refractivity contribution is -0.867. The van der Waals surface area contributed by atoms with Crippen molar-refractivity contribution in [1.29, 1.82) is 0 Å². The molecule has 0 radical (unpaired) electrons. The van der Waals surface area contributed by atoms with E-state index in [0.717, 1.165) is 3.97 Å². The second-order valence-corrected chi connectivity index (χ2v) is 9.45. The normalized spacial score (nSPS) is 12.0. The van der Waals surface area contributed by atoms with Gasteiger partial charge in [0.05, 0.1) is 40.7 Å². The summed E-state index contributed by atoms with van der Waals surface area (Å²) in [6.45, 7) is 3.70. The zero-order chi connectivity index (χ0) is 21.7. The number of aromatic nitrogens is 1. The second kappa shape index (κ2) is 9.33. The van der Waals surface area contributed by atoms with Gasteiger partial charge < -0.3 is 14.3 Å². The summed E-state index contributed by atoms with van der Waals surface area (Å²) >= 11 is 0. The van der Waals surface area contributed by atoms with Gasteiger partial charge >= 0.3 is 11.9 Å². The molecule has 0 aromatic carbocycles. The van der Waals surface area contributed by atoms with E-state index in [2.05, 4.69) is 0 Å². The van der Waals surface area contributed by atoms with Crippen molar-refractivity contribution < 1.29 is 37.1 Å². The number of aldehydes is 1. The van der Waals surface area contributed by atoms with Crippen LogP contribution in [0.15, 0.2) is 0 Å². The molecule has 0 saturated carbocycles. The number of hydrogen-bond acceptors (Lipinski definition) is 6. The largest absolute Gasteiger partial charge is 0.481 e. The van der Waals surface area contributed by atoms with Crippen LogP contribution in [0.3, 0.4) is 0 Å². The van der Waals surface area contributed by atoms with Crippen LogP contribution in [0.25, 0.3) is 0 Å². The van der Waals surface area contributed by atoms with Crippen molar-refractivity contribution in [2.75, 3.05) is 40.0 Å². The van der Waals surface area contributed by atoms with Gasteiger partial charge in [-0.1, -0.05) is 0 Å². The fourth-order valence-corrected chi connectivity index (χ4v) is 4.84. The number of aliphatic carboxylic acids is 1. The predicted octanol–water partition coefficient (Wildman–Crippen LogP) is 0.616. The average molecular weight is 418 g/mol. The standard InChI is InChI=1S/C18H28N2O7S/c1-6-27-18(24)8-7-14-13(2)19(16(12-21)15(14)11-17(22)23)28(25,26)10-9-20(3,4)5/h12H,6-11H2,1-5H3/p+1. The number of esters is 1. The van der Waals surface area contributed by atoms with E-state index < -0.39 is 28.4 Å². The van der Waals surface area contributed by atoms with Gasteiger partial charge in [0.15, 0.2) is 6.29 Å². The number of carboxylic acid groups (broad SMARTS) is 1. The lowest BCUT2D eigenvalue weighted by Crippen LogP contribution is -2.40. The van der Waals surface area contributed by atoms with Gasteiger partial charge in [-0.15, -0.1) is 0 Å². The van der Waals surface area contributed by atoms with E-state index >= 15 is 0 Å². The molecule has 0 bridgehead atoms. The highest BCUT2D eigenvalue weighted by Gasteiger charge is 2.29. The predicted molar refractivity (Wildman–Crippen MR) is 103 cm³/mol. The number of rotatable bonds is 11. The molecule has 0 aliphatic carbocycles. The minimum atomic E-state index is -3.89. The van der Waals surface area contributed by atoms with Crippen LogP contribution in [0.1, 0.15) is 40.7 Å². The van der Waals surface area contributed by atoms with Crippen molar-refractivity contribution in [2.45, 2.75) is 33.1 Å². The molecule has 0 aliphatic heterocycles. The summed E-state index contributed by atoms with van der Waals surface area (Å²) in [6, 6.07) is 0. The Bertz CT molecular complexity index is 848. The van der Waals surface area contributed by atoms with E-state index in [1.165, 1.54) is 6.92 Å². The highest BCUT2D eigenvalue weighted by atomic mass is 32.2. The van der Waals surface area contributed by atoms with E-state index in [9.17, 15) is 27.9 Å².